The van der Waals surface area contributed by atoms with Crippen molar-refractivity contribution >= 4 is 5.78 Å². The van der Waals surface area contributed by atoms with E-state index < -0.39 is 0 Å². The molecule has 0 atom stereocenters. The van der Waals surface area contributed by atoms with Crippen LogP contribution in [-0.2, 0) is 0 Å². The summed E-state index contributed by atoms with van der Waals surface area (Å²) in [5, 5.41) is 4.64. The van der Waals surface area contributed by atoms with Crippen molar-refractivity contribution in [2.45, 2.75) is 13.8 Å². The molecule has 5 rings (SSSR count). The highest BCUT2D eigenvalue weighted by Crippen LogP contribution is 2.33. The Morgan fingerprint density at radius 1 is 0.963 bits per heavy atom. The van der Waals surface area contributed by atoms with Gasteiger partial charge >= 0.3 is 0 Å². The highest BCUT2D eigenvalue weighted by molar-refractivity contribution is 5.65. The monoisotopic (exact) mass is 360 g/mol. The molecule has 1 aliphatic heterocycles. The molecule has 0 saturated heterocycles. The van der Waals surface area contributed by atoms with Crippen molar-refractivity contribution in [1.82, 2.24) is 29.5 Å². The fourth-order valence-electron chi connectivity index (χ4n) is 3.10. The quantitative estimate of drug-likeness (QED) is 0.543. The number of aryl methyl sites for hydroxylation is 2. The molecule has 0 aliphatic carbocycles. The van der Waals surface area contributed by atoms with E-state index >= 15 is 0 Å². The van der Waals surface area contributed by atoms with Crippen molar-refractivity contribution in [2.75, 3.05) is 13.2 Å². The molecule has 4 heterocycles. The predicted octanol–water partition coefficient (Wildman–Crippen LogP) is 2.64. The Labute approximate surface area is 154 Å². The standard InChI is InChI=1S/C19H16N6O2/c1-11-14(15-5-6-20-12(2)22-15)10-21-19-23-18(24-25(11)19)13-3-4-16-17(9-13)27-8-7-26-16/h3-6,9-10H,7-8H2,1-2H3. The summed E-state index contributed by atoms with van der Waals surface area (Å²) in [6, 6.07) is 7.56. The summed E-state index contributed by atoms with van der Waals surface area (Å²) in [6.45, 7) is 4.94. The summed E-state index contributed by atoms with van der Waals surface area (Å²) >= 11 is 0. The van der Waals surface area contributed by atoms with Crippen LogP contribution in [0.5, 0.6) is 11.5 Å². The first-order valence-electron chi connectivity index (χ1n) is 8.61. The fraction of sp³-hybridized carbons (Fsp3) is 0.211. The van der Waals surface area contributed by atoms with Gasteiger partial charge in [0.05, 0.1) is 11.4 Å². The second-order valence-electron chi connectivity index (χ2n) is 6.25. The van der Waals surface area contributed by atoms with Gasteiger partial charge in [-0.25, -0.2) is 19.5 Å². The highest BCUT2D eigenvalue weighted by atomic mass is 16.6. The van der Waals surface area contributed by atoms with Gasteiger partial charge in [0.25, 0.3) is 5.78 Å². The summed E-state index contributed by atoms with van der Waals surface area (Å²) < 4.78 is 13.0. The Kier molecular flexibility index (Phi) is 3.49. The van der Waals surface area contributed by atoms with E-state index in [2.05, 4.69) is 25.0 Å². The average Bonchev–Trinajstić information content (AvgIpc) is 3.13. The summed E-state index contributed by atoms with van der Waals surface area (Å²) in [7, 11) is 0. The first kappa shape index (κ1) is 15.7. The molecule has 0 amide bonds. The molecule has 8 heteroatoms. The summed E-state index contributed by atoms with van der Waals surface area (Å²) in [4.78, 5) is 17.6. The molecular weight excluding hydrogens is 344 g/mol. The van der Waals surface area contributed by atoms with Gasteiger partial charge in [0.15, 0.2) is 17.3 Å². The molecule has 0 N–H and O–H groups in total. The molecule has 0 bridgehead atoms. The van der Waals surface area contributed by atoms with E-state index in [1.807, 2.05) is 38.1 Å². The van der Waals surface area contributed by atoms with Crippen LogP contribution in [-0.4, -0.2) is 42.8 Å². The zero-order valence-electron chi connectivity index (χ0n) is 14.9. The van der Waals surface area contributed by atoms with Gasteiger partial charge in [0.1, 0.15) is 19.0 Å². The molecule has 27 heavy (non-hydrogen) atoms. The minimum atomic E-state index is 0.534. The van der Waals surface area contributed by atoms with Crippen LogP contribution in [0.2, 0.25) is 0 Å². The number of benzene rings is 1. The van der Waals surface area contributed by atoms with Crippen LogP contribution in [0.3, 0.4) is 0 Å². The van der Waals surface area contributed by atoms with Crippen LogP contribution in [0.15, 0.2) is 36.7 Å². The van der Waals surface area contributed by atoms with E-state index in [0.29, 0.717) is 36.4 Å². The Bertz CT molecular complexity index is 1170. The van der Waals surface area contributed by atoms with Crippen LogP contribution >= 0.6 is 0 Å². The van der Waals surface area contributed by atoms with Crippen molar-refractivity contribution in [2.24, 2.45) is 0 Å². The molecule has 3 aromatic heterocycles. The predicted molar refractivity (Wildman–Crippen MR) is 97.7 cm³/mol. The number of rotatable bonds is 2. The van der Waals surface area contributed by atoms with Gasteiger partial charge in [-0.3, -0.25) is 0 Å². The van der Waals surface area contributed by atoms with E-state index in [1.54, 1.807) is 16.9 Å². The lowest BCUT2D eigenvalue weighted by molar-refractivity contribution is 0.171. The third-order valence-corrected chi connectivity index (χ3v) is 4.46. The van der Waals surface area contributed by atoms with Crippen LogP contribution in [0.1, 0.15) is 11.5 Å². The molecule has 0 spiro atoms. The smallest absolute Gasteiger partial charge is 0.252 e. The summed E-state index contributed by atoms with van der Waals surface area (Å²) in [5.74, 6) is 3.27. The van der Waals surface area contributed by atoms with Gasteiger partial charge in [-0.2, -0.15) is 4.98 Å². The van der Waals surface area contributed by atoms with Gasteiger partial charge in [-0.05, 0) is 38.1 Å². The van der Waals surface area contributed by atoms with E-state index in [9.17, 15) is 0 Å². The molecule has 4 aromatic rings. The third kappa shape index (κ3) is 2.66. The maximum atomic E-state index is 5.65. The molecule has 134 valence electrons. The lowest BCUT2D eigenvalue weighted by atomic mass is 10.2. The first-order valence-corrected chi connectivity index (χ1v) is 8.61. The largest absolute Gasteiger partial charge is 0.486 e. The summed E-state index contributed by atoms with van der Waals surface area (Å²) in [5.41, 5.74) is 3.47. The fourth-order valence-corrected chi connectivity index (χ4v) is 3.10. The van der Waals surface area contributed by atoms with E-state index in [1.165, 1.54) is 0 Å². The van der Waals surface area contributed by atoms with Crippen molar-refractivity contribution in [3.63, 3.8) is 0 Å². The number of hydrogen-bond acceptors (Lipinski definition) is 7. The van der Waals surface area contributed by atoms with Crippen LogP contribution in [0.25, 0.3) is 28.4 Å². The molecule has 0 unspecified atom stereocenters. The Balaban J connectivity index is 1.61. The number of ether oxygens (including phenoxy) is 2. The molecule has 1 aliphatic rings. The molecule has 0 fully saturated rings. The zero-order valence-corrected chi connectivity index (χ0v) is 14.9. The highest BCUT2D eigenvalue weighted by Gasteiger charge is 2.17. The third-order valence-electron chi connectivity index (χ3n) is 4.46. The van der Waals surface area contributed by atoms with Gasteiger partial charge in [0.2, 0.25) is 0 Å². The Hall–Kier alpha value is -3.55. The maximum absolute atomic E-state index is 5.65. The van der Waals surface area contributed by atoms with Crippen molar-refractivity contribution < 1.29 is 9.47 Å². The van der Waals surface area contributed by atoms with Crippen molar-refractivity contribution in [3.8, 4) is 34.1 Å². The molecular formula is C19H16N6O2. The average molecular weight is 360 g/mol. The lowest BCUT2D eigenvalue weighted by Crippen LogP contribution is -2.15. The number of aromatic nitrogens is 6. The number of fused-ring (bicyclic) bond motifs is 2. The lowest BCUT2D eigenvalue weighted by Gasteiger charge is -2.18. The number of hydrogen-bond donors (Lipinski definition) is 0. The first-order chi connectivity index (χ1) is 13.2. The number of nitrogens with zero attached hydrogens (tertiary/aromatic N) is 6. The minimum absolute atomic E-state index is 0.534. The maximum Gasteiger partial charge on any atom is 0.252 e. The Morgan fingerprint density at radius 2 is 1.81 bits per heavy atom. The second kappa shape index (κ2) is 6.01. The summed E-state index contributed by atoms with van der Waals surface area (Å²) in [6.07, 6.45) is 3.51. The van der Waals surface area contributed by atoms with Crippen LogP contribution in [0, 0.1) is 13.8 Å². The van der Waals surface area contributed by atoms with Crippen molar-refractivity contribution in [1.29, 1.82) is 0 Å². The van der Waals surface area contributed by atoms with Crippen LogP contribution < -0.4 is 9.47 Å². The van der Waals surface area contributed by atoms with E-state index in [4.69, 9.17) is 9.47 Å². The Morgan fingerprint density at radius 3 is 2.67 bits per heavy atom. The van der Waals surface area contributed by atoms with Crippen molar-refractivity contribution in [3.05, 3.63) is 48.2 Å². The van der Waals surface area contributed by atoms with Gasteiger partial charge in [-0.15, -0.1) is 5.10 Å². The van der Waals surface area contributed by atoms with Crippen LogP contribution in [0.4, 0.5) is 0 Å². The SMILES string of the molecule is Cc1nccc(-c2cnc3nc(-c4ccc5c(c4)OCCO5)nn3c2C)n1. The zero-order chi connectivity index (χ0) is 18.4. The molecule has 1 aromatic carbocycles. The van der Waals surface area contributed by atoms with E-state index in [-0.39, 0.29) is 0 Å². The normalized spacial score (nSPS) is 13.1. The minimum Gasteiger partial charge on any atom is -0.486 e. The molecule has 8 nitrogen and oxygen atoms in total. The van der Waals surface area contributed by atoms with E-state index in [0.717, 1.165) is 28.3 Å². The topological polar surface area (TPSA) is 87.3 Å². The van der Waals surface area contributed by atoms with Gasteiger partial charge in [-0.1, -0.05) is 0 Å². The second-order valence-corrected chi connectivity index (χ2v) is 6.25. The molecule has 0 saturated carbocycles. The molecule has 0 radical (unpaired) electrons. The van der Waals surface area contributed by atoms with Gasteiger partial charge in [0, 0.05) is 23.5 Å². The van der Waals surface area contributed by atoms with Gasteiger partial charge < -0.3 is 9.47 Å².